The molecule has 13 heavy (non-hydrogen) atoms. The second-order valence-electron chi connectivity index (χ2n) is 3.55. The van der Waals surface area contributed by atoms with Crippen LogP contribution in [0.25, 0.3) is 0 Å². The van der Waals surface area contributed by atoms with E-state index in [4.69, 9.17) is 9.84 Å². The summed E-state index contributed by atoms with van der Waals surface area (Å²) in [7, 11) is 0. The maximum Gasteiger partial charge on any atom is 0.332 e. The maximum atomic E-state index is 10.5. The predicted molar refractivity (Wildman–Crippen MR) is 46.4 cm³/mol. The van der Waals surface area contributed by atoms with E-state index < -0.39 is 12.1 Å². The number of carboxylic acids is 1. The van der Waals surface area contributed by atoms with Crippen molar-refractivity contribution in [3.8, 4) is 0 Å². The third-order valence-corrected chi connectivity index (χ3v) is 2.39. The number of ether oxygens (including phenoxy) is 1. The lowest BCUT2D eigenvalue weighted by molar-refractivity contribution is -0.154. The number of aliphatic hydroxyl groups is 1. The average Bonchev–Trinajstić information content (AvgIpc) is 2.08. The molecular formula is C9H16O4. The molecule has 76 valence electrons. The normalized spacial score (nSPS) is 31.2. The highest BCUT2D eigenvalue weighted by atomic mass is 16.5. The van der Waals surface area contributed by atoms with Crippen molar-refractivity contribution in [1.82, 2.24) is 0 Å². The zero-order chi connectivity index (χ0) is 9.84. The van der Waals surface area contributed by atoms with Crippen LogP contribution in [0, 0.1) is 0 Å². The largest absolute Gasteiger partial charge is 0.479 e. The zero-order valence-corrected chi connectivity index (χ0v) is 7.77. The van der Waals surface area contributed by atoms with Gasteiger partial charge in [0.05, 0.1) is 12.2 Å². The molecule has 0 amide bonds. The number of aliphatic carboxylic acids is 1. The molecular weight excluding hydrogens is 172 g/mol. The van der Waals surface area contributed by atoms with Crippen molar-refractivity contribution in [3.05, 3.63) is 0 Å². The van der Waals surface area contributed by atoms with Gasteiger partial charge in [-0.2, -0.15) is 0 Å². The van der Waals surface area contributed by atoms with E-state index in [-0.39, 0.29) is 12.2 Å². The van der Waals surface area contributed by atoms with Gasteiger partial charge in [0.15, 0.2) is 6.10 Å². The summed E-state index contributed by atoms with van der Waals surface area (Å²) in [6.45, 7) is 1.54. The Bertz CT molecular complexity index is 172. The molecule has 1 rings (SSSR count). The Hall–Kier alpha value is -0.610. The van der Waals surface area contributed by atoms with Gasteiger partial charge in [0.25, 0.3) is 0 Å². The number of carboxylic acid groups (broad SMARTS) is 1. The Morgan fingerprint density at radius 1 is 1.38 bits per heavy atom. The summed E-state index contributed by atoms with van der Waals surface area (Å²) in [5, 5.41) is 17.8. The molecule has 0 heterocycles. The quantitative estimate of drug-likeness (QED) is 0.686. The van der Waals surface area contributed by atoms with Gasteiger partial charge in [-0.25, -0.2) is 4.79 Å². The molecule has 1 saturated carbocycles. The molecule has 0 aromatic heterocycles. The van der Waals surface area contributed by atoms with Gasteiger partial charge in [0.1, 0.15) is 0 Å². The lowest BCUT2D eigenvalue weighted by Crippen LogP contribution is -2.30. The first-order valence-electron chi connectivity index (χ1n) is 4.66. The molecule has 1 aliphatic rings. The summed E-state index contributed by atoms with van der Waals surface area (Å²) >= 11 is 0. The van der Waals surface area contributed by atoms with Gasteiger partial charge in [-0.05, 0) is 32.6 Å². The van der Waals surface area contributed by atoms with Crippen molar-refractivity contribution >= 4 is 5.97 Å². The molecule has 2 N–H and O–H groups in total. The molecule has 1 fully saturated rings. The predicted octanol–water partition coefficient (Wildman–Crippen LogP) is 0.780. The van der Waals surface area contributed by atoms with Crippen molar-refractivity contribution in [1.29, 1.82) is 0 Å². The van der Waals surface area contributed by atoms with E-state index in [0.29, 0.717) is 0 Å². The van der Waals surface area contributed by atoms with Gasteiger partial charge in [-0.15, -0.1) is 0 Å². The van der Waals surface area contributed by atoms with Crippen LogP contribution >= 0.6 is 0 Å². The van der Waals surface area contributed by atoms with Gasteiger partial charge >= 0.3 is 5.97 Å². The topological polar surface area (TPSA) is 66.8 Å². The van der Waals surface area contributed by atoms with Crippen molar-refractivity contribution in [3.63, 3.8) is 0 Å². The monoisotopic (exact) mass is 188 g/mol. The highest BCUT2D eigenvalue weighted by Gasteiger charge is 2.23. The van der Waals surface area contributed by atoms with Crippen LogP contribution in [0.1, 0.15) is 32.6 Å². The van der Waals surface area contributed by atoms with Gasteiger partial charge in [-0.1, -0.05) is 0 Å². The van der Waals surface area contributed by atoms with Crippen LogP contribution in [-0.4, -0.2) is 34.5 Å². The molecule has 0 bridgehead atoms. The highest BCUT2D eigenvalue weighted by molar-refractivity contribution is 5.71. The molecule has 0 saturated heterocycles. The van der Waals surface area contributed by atoms with Crippen LogP contribution in [0.4, 0.5) is 0 Å². The van der Waals surface area contributed by atoms with Gasteiger partial charge in [0.2, 0.25) is 0 Å². The van der Waals surface area contributed by atoms with E-state index >= 15 is 0 Å². The van der Waals surface area contributed by atoms with Gasteiger partial charge in [-0.3, -0.25) is 0 Å². The van der Waals surface area contributed by atoms with Gasteiger partial charge in [0, 0.05) is 0 Å². The Morgan fingerprint density at radius 2 is 1.92 bits per heavy atom. The minimum Gasteiger partial charge on any atom is -0.479 e. The van der Waals surface area contributed by atoms with E-state index in [9.17, 15) is 9.90 Å². The molecule has 0 radical (unpaired) electrons. The second kappa shape index (κ2) is 4.58. The number of carbonyl (C=O) groups is 1. The lowest BCUT2D eigenvalue weighted by atomic mass is 9.95. The molecule has 0 aromatic carbocycles. The summed E-state index contributed by atoms with van der Waals surface area (Å²) in [5.41, 5.74) is 0. The standard InChI is InChI=1S/C9H16O4/c1-6(9(11)12)13-8-4-2-7(10)3-5-8/h6-8,10H,2-5H2,1H3,(H,11,12). The van der Waals surface area contributed by atoms with Crippen molar-refractivity contribution in [2.75, 3.05) is 0 Å². The summed E-state index contributed by atoms with van der Waals surface area (Å²) in [6.07, 6.45) is 2.01. The van der Waals surface area contributed by atoms with Crippen LogP contribution in [0.3, 0.4) is 0 Å². The summed E-state index contributed by atoms with van der Waals surface area (Å²) in [5.74, 6) is -0.925. The lowest BCUT2D eigenvalue weighted by Gasteiger charge is -2.26. The molecule has 0 spiro atoms. The highest BCUT2D eigenvalue weighted by Crippen LogP contribution is 2.21. The number of hydrogen-bond acceptors (Lipinski definition) is 3. The van der Waals surface area contributed by atoms with Crippen LogP contribution in [0.15, 0.2) is 0 Å². The summed E-state index contributed by atoms with van der Waals surface area (Å²) < 4.78 is 5.29. The summed E-state index contributed by atoms with van der Waals surface area (Å²) in [4.78, 5) is 10.5. The SMILES string of the molecule is CC(OC1CCC(O)CC1)C(=O)O. The molecule has 0 aromatic rings. The third-order valence-electron chi connectivity index (χ3n) is 2.39. The minimum atomic E-state index is -0.925. The van der Waals surface area contributed by atoms with Crippen LogP contribution < -0.4 is 0 Å². The Labute approximate surface area is 77.5 Å². The first-order chi connectivity index (χ1) is 6.09. The van der Waals surface area contributed by atoms with Gasteiger partial charge < -0.3 is 14.9 Å². The molecule has 1 aliphatic carbocycles. The average molecular weight is 188 g/mol. The van der Waals surface area contributed by atoms with E-state index in [1.165, 1.54) is 6.92 Å². The zero-order valence-electron chi connectivity index (χ0n) is 7.77. The fourth-order valence-electron chi connectivity index (χ4n) is 1.53. The smallest absolute Gasteiger partial charge is 0.332 e. The maximum absolute atomic E-state index is 10.5. The van der Waals surface area contributed by atoms with Crippen LogP contribution in [-0.2, 0) is 9.53 Å². The minimum absolute atomic E-state index is 0.00880. The fraction of sp³-hybridized carbons (Fsp3) is 0.889. The van der Waals surface area contributed by atoms with Crippen molar-refractivity contribution in [2.24, 2.45) is 0 Å². The Kier molecular flexibility index (Phi) is 3.69. The second-order valence-corrected chi connectivity index (χ2v) is 3.55. The van der Waals surface area contributed by atoms with E-state index in [0.717, 1.165) is 25.7 Å². The van der Waals surface area contributed by atoms with Crippen molar-refractivity contribution < 1.29 is 19.7 Å². The van der Waals surface area contributed by atoms with Crippen LogP contribution in [0.5, 0.6) is 0 Å². The Morgan fingerprint density at radius 3 is 2.38 bits per heavy atom. The Balaban J connectivity index is 2.26. The molecule has 4 heteroatoms. The molecule has 1 unspecified atom stereocenters. The number of rotatable bonds is 3. The number of hydrogen-bond donors (Lipinski definition) is 2. The van der Waals surface area contributed by atoms with E-state index in [1.54, 1.807) is 0 Å². The molecule has 4 nitrogen and oxygen atoms in total. The van der Waals surface area contributed by atoms with E-state index in [1.807, 2.05) is 0 Å². The van der Waals surface area contributed by atoms with Crippen LogP contribution in [0.2, 0.25) is 0 Å². The first-order valence-corrected chi connectivity index (χ1v) is 4.66. The van der Waals surface area contributed by atoms with Crippen molar-refractivity contribution in [2.45, 2.75) is 50.9 Å². The fourth-order valence-corrected chi connectivity index (χ4v) is 1.53. The van der Waals surface area contributed by atoms with E-state index in [2.05, 4.69) is 0 Å². The summed E-state index contributed by atoms with van der Waals surface area (Å²) in [6, 6.07) is 0. The first kappa shape index (κ1) is 10.5. The molecule has 0 aliphatic heterocycles. The molecule has 1 atom stereocenters. The number of aliphatic hydroxyl groups excluding tert-OH is 1. The third kappa shape index (κ3) is 3.32.